The minimum atomic E-state index is -0.280. The molecule has 1 aromatic rings. The average molecular weight is 209 g/mol. The van der Waals surface area contributed by atoms with Crippen molar-refractivity contribution in [3.05, 3.63) is 35.1 Å². The van der Waals surface area contributed by atoms with E-state index >= 15 is 0 Å². The van der Waals surface area contributed by atoms with Crippen LogP contribution in [0.5, 0.6) is 0 Å². The molecule has 1 fully saturated rings. The molecule has 1 aliphatic rings. The van der Waals surface area contributed by atoms with E-state index in [-0.39, 0.29) is 17.3 Å². The summed E-state index contributed by atoms with van der Waals surface area (Å²) >= 11 is 0. The van der Waals surface area contributed by atoms with Gasteiger partial charge >= 0.3 is 0 Å². The summed E-state index contributed by atoms with van der Waals surface area (Å²) in [6.45, 7) is 2.20. The van der Waals surface area contributed by atoms with Gasteiger partial charge in [-0.3, -0.25) is 0 Å². The van der Waals surface area contributed by atoms with Gasteiger partial charge < -0.3 is 10.8 Å². The molecular weight excluding hydrogens is 193 g/mol. The molecule has 2 nitrogen and oxygen atoms in total. The molecule has 0 unspecified atom stereocenters. The second-order valence-corrected chi connectivity index (χ2v) is 4.51. The number of rotatable bonds is 2. The number of aryl methyl sites for hydroxylation is 1. The lowest BCUT2D eigenvalue weighted by Crippen LogP contribution is -2.49. The molecule has 0 atom stereocenters. The van der Waals surface area contributed by atoms with Gasteiger partial charge in [-0.2, -0.15) is 0 Å². The highest BCUT2D eigenvalue weighted by molar-refractivity contribution is 5.33. The molecule has 0 saturated heterocycles. The van der Waals surface area contributed by atoms with E-state index in [4.69, 9.17) is 5.73 Å². The van der Waals surface area contributed by atoms with Crippen LogP contribution in [0.15, 0.2) is 18.2 Å². The Morgan fingerprint density at radius 2 is 2.20 bits per heavy atom. The number of nitrogens with two attached hydrogens (primary N) is 1. The van der Waals surface area contributed by atoms with Crippen molar-refractivity contribution in [3.63, 3.8) is 0 Å². The third-order valence-corrected chi connectivity index (χ3v) is 3.43. The second kappa shape index (κ2) is 3.58. The Hall–Kier alpha value is -0.930. The van der Waals surface area contributed by atoms with Crippen LogP contribution in [0.4, 0.5) is 4.39 Å². The van der Waals surface area contributed by atoms with Crippen LogP contribution in [0, 0.1) is 12.7 Å². The van der Waals surface area contributed by atoms with Crippen molar-refractivity contribution >= 4 is 0 Å². The molecular formula is C12H16FNO. The monoisotopic (exact) mass is 209 g/mol. The first-order chi connectivity index (χ1) is 7.07. The van der Waals surface area contributed by atoms with E-state index < -0.39 is 0 Å². The SMILES string of the molecule is Cc1ccc(C2(CN)CC(O)C2)cc1F. The highest BCUT2D eigenvalue weighted by Gasteiger charge is 2.43. The first-order valence-electron chi connectivity index (χ1n) is 5.22. The third-order valence-electron chi connectivity index (χ3n) is 3.43. The molecule has 1 aromatic carbocycles. The van der Waals surface area contributed by atoms with Gasteiger partial charge in [0.05, 0.1) is 6.10 Å². The highest BCUT2D eigenvalue weighted by atomic mass is 19.1. The number of hydrogen-bond acceptors (Lipinski definition) is 2. The number of aliphatic hydroxyl groups excluding tert-OH is 1. The highest BCUT2D eigenvalue weighted by Crippen LogP contribution is 2.43. The largest absolute Gasteiger partial charge is 0.393 e. The maximum absolute atomic E-state index is 13.4. The van der Waals surface area contributed by atoms with Crippen LogP contribution >= 0.6 is 0 Å². The van der Waals surface area contributed by atoms with Gasteiger partial charge in [-0.25, -0.2) is 4.39 Å². The number of aliphatic hydroxyl groups is 1. The van der Waals surface area contributed by atoms with Gasteiger partial charge in [-0.1, -0.05) is 12.1 Å². The predicted octanol–water partition coefficient (Wildman–Crippen LogP) is 1.49. The van der Waals surface area contributed by atoms with Gasteiger partial charge in [-0.15, -0.1) is 0 Å². The van der Waals surface area contributed by atoms with Crippen LogP contribution in [-0.2, 0) is 5.41 Å². The Kier molecular flexibility index (Phi) is 2.52. The van der Waals surface area contributed by atoms with Crippen molar-refractivity contribution in [2.45, 2.75) is 31.3 Å². The number of hydrogen-bond donors (Lipinski definition) is 2. The first-order valence-corrected chi connectivity index (χ1v) is 5.22. The summed E-state index contributed by atoms with van der Waals surface area (Å²) in [4.78, 5) is 0. The molecule has 1 aliphatic carbocycles. The lowest BCUT2D eigenvalue weighted by atomic mass is 9.63. The molecule has 3 heteroatoms. The van der Waals surface area contributed by atoms with E-state index in [0.717, 1.165) is 5.56 Å². The maximum Gasteiger partial charge on any atom is 0.126 e. The summed E-state index contributed by atoms with van der Waals surface area (Å²) in [6.07, 6.45) is 1.01. The average Bonchev–Trinajstić information content (AvgIpc) is 2.17. The molecule has 0 aliphatic heterocycles. The van der Waals surface area contributed by atoms with Crippen molar-refractivity contribution in [2.75, 3.05) is 6.54 Å². The summed E-state index contributed by atoms with van der Waals surface area (Å²) in [7, 11) is 0. The quantitative estimate of drug-likeness (QED) is 0.775. The van der Waals surface area contributed by atoms with Crippen molar-refractivity contribution in [3.8, 4) is 0 Å². The smallest absolute Gasteiger partial charge is 0.126 e. The summed E-state index contributed by atoms with van der Waals surface area (Å²) in [5, 5.41) is 9.35. The summed E-state index contributed by atoms with van der Waals surface area (Å²) in [5.74, 6) is -0.193. The fraction of sp³-hybridized carbons (Fsp3) is 0.500. The first kappa shape index (κ1) is 10.6. The topological polar surface area (TPSA) is 46.2 Å². The van der Waals surface area contributed by atoms with Gasteiger partial charge in [0.15, 0.2) is 0 Å². The second-order valence-electron chi connectivity index (χ2n) is 4.51. The van der Waals surface area contributed by atoms with Crippen molar-refractivity contribution < 1.29 is 9.50 Å². The molecule has 0 amide bonds. The van der Waals surface area contributed by atoms with Gasteiger partial charge in [-0.05, 0) is 37.0 Å². The Morgan fingerprint density at radius 3 is 2.67 bits per heavy atom. The van der Waals surface area contributed by atoms with Crippen LogP contribution in [0.1, 0.15) is 24.0 Å². The van der Waals surface area contributed by atoms with E-state index in [9.17, 15) is 9.50 Å². The lowest BCUT2D eigenvalue weighted by Gasteiger charge is -2.45. The maximum atomic E-state index is 13.4. The fourth-order valence-corrected chi connectivity index (χ4v) is 2.29. The third kappa shape index (κ3) is 1.66. The molecule has 0 spiro atoms. The van der Waals surface area contributed by atoms with Crippen molar-refractivity contribution in [1.82, 2.24) is 0 Å². The van der Waals surface area contributed by atoms with Gasteiger partial charge in [0.2, 0.25) is 0 Å². The Bertz CT molecular complexity index is 372. The van der Waals surface area contributed by atoms with Crippen LogP contribution < -0.4 is 5.73 Å². The molecule has 0 heterocycles. The molecule has 0 aromatic heterocycles. The Labute approximate surface area is 88.9 Å². The van der Waals surface area contributed by atoms with E-state index in [1.165, 1.54) is 0 Å². The number of benzene rings is 1. The zero-order valence-electron chi connectivity index (χ0n) is 8.83. The lowest BCUT2D eigenvalue weighted by molar-refractivity contribution is 0.0220. The standard InChI is InChI=1S/C12H16FNO/c1-8-2-3-9(4-11(8)13)12(7-14)5-10(15)6-12/h2-4,10,15H,5-7,14H2,1H3. The van der Waals surface area contributed by atoms with E-state index in [2.05, 4.69) is 0 Å². The van der Waals surface area contributed by atoms with Gasteiger partial charge in [0, 0.05) is 12.0 Å². The van der Waals surface area contributed by atoms with E-state index in [0.29, 0.717) is 24.9 Å². The van der Waals surface area contributed by atoms with E-state index in [1.807, 2.05) is 6.07 Å². The van der Waals surface area contributed by atoms with Gasteiger partial charge in [0.25, 0.3) is 0 Å². The van der Waals surface area contributed by atoms with Crippen LogP contribution in [-0.4, -0.2) is 17.8 Å². The van der Waals surface area contributed by atoms with Crippen LogP contribution in [0.2, 0.25) is 0 Å². The minimum absolute atomic E-state index is 0.193. The van der Waals surface area contributed by atoms with Gasteiger partial charge in [0.1, 0.15) is 5.82 Å². The Morgan fingerprint density at radius 1 is 1.53 bits per heavy atom. The molecule has 0 bridgehead atoms. The molecule has 0 radical (unpaired) electrons. The number of halogens is 1. The molecule has 15 heavy (non-hydrogen) atoms. The predicted molar refractivity (Wildman–Crippen MR) is 57.1 cm³/mol. The summed E-state index contributed by atoms with van der Waals surface area (Å²) < 4.78 is 13.4. The summed E-state index contributed by atoms with van der Waals surface area (Å²) in [5.41, 5.74) is 7.08. The Balaban J connectivity index is 2.32. The van der Waals surface area contributed by atoms with Crippen LogP contribution in [0.25, 0.3) is 0 Å². The minimum Gasteiger partial charge on any atom is -0.393 e. The van der Waals surface area contributed by atoms with Crippen molar-refractivity contribution in [1.29, 1.82) is 0 Å². The zero-order valence-corrected chi connectivity index (χ0v) is 8.83. The zero-order chi connectivity index (χ0) is 11.1. The van der Waals surface area contributed by atoms with E-state index in [1.54, 1.807) is 19.1 Å². The fourth-order valence-electron chi connectivity index (χ4n) is 2.29. The molecule has 1 saturated carbocycles. The summed E-state index contributed by atoms with van der Waals surface area (Å²) in [6, 6.07) is 5.23. The van der Waals surface area contributed by atoms with Crippen LogP contribution in [0.3, 0.4) is 0 Å². The normalized spacial score (nSPS) is 30.0. The molecule has 82 valence electrons. The molecule has 2 rings (SSSR count). The molecule has 3 N–H and O–H groups in total. The van der Waals surface area contributed by atoms with Crippen molar-refractivity contribution in [2.24, 2.45) is 5.73 Å².